The van der Waals surface area contributed by atoms with Crippen molar-refractivity contribution in [1.29, 1.82) is 0 Å². The summed E-state index contributed by atoms with van der Waals surface area (Å²) in [6, 6.07) is 8.09. The molecule has 0 unspecified atom stereocenters. The molecule has 0 saturated heterocycles. The number of hydrogen-bond donors (Lipinski definition) is 0. The van der Waals surface area contributed by atoms with Crippen molar-refractivity contribution >= 4 is 16.5 Å². The predicted molar refractivity (Wildman–Crippen MR) is 55.2 cm³/mol. The number of fused-ring (bicyclic) bond motifs is 1. The van der Waals surface area contributed by atoms with Crippen LogP contribution >= 0.6 is 0 Å². The molecule has 1 radical (unpaired) electrons. The predicted octanol–water partition coefficient (Wildman–Crippen LogP) is 3.52. The highest BCUT2D eigenvalue weighted by Gasteiger charge is 2.11. The van der Waals surface area contributed by atoms with Gasteiger partial charge in [0.25, 0.3) is 5.69 Å². The van der Waals surface area contributed by atoms with E-state index in [0.29, 0.717) is 10.8 Å². The second kappa shape index (κ2) is 3.84. The van der Waals surface area contributed by atoms with Crippen molar-refractivity contribution in [2.24, 2.45) is 0 Å². The number of nitro groups is 1. The Kier molecular flexibility index (Phi) is 2.52. The maximum Gasteiger partial charge on any atom is 0.339 e. The maximum absolute atomic E-state index is 12.3. The highest BCUT2D eigenvalue weighted by molar-refractivity contribution is 5.85. The number of hydrogen-bond acceptors (Lipinski definition) is 2. The molecule has 0 aromatic heterocycles. The van der Waals surface area contributed by atoms with Gasteiger partial charge in [0, 0.05) is 17.7 Å². The van der Waals surface area contributed by atoms with Crippen molar-refractivity contribution in [1.82, 2.24) is 0 Å². The van der Waals surface area contributed by atoms with Crippen molar-refractivity contribution in [3.8, 4) is 0 Å². The smallest absolute Gasteiger partial charge is 0.258 e. The van der Waals surface area contributed by atoms with Crippen LogP contribution in [0.4, 0.5) is 14.5 Å². The monoisotopic (exact) mass is 222 g/mol. The van der Waals surface area contributed by atoms with E-state index in [4.69, 9.17) is 0 Å². The summed E-state index contributed by atoms with van der Waals surface area (Å²) in [6.45, 7) is 0. The minimum Gasteiger partial charge on any atom is -0.258 e. The number of rotatable bonds is 2. The summed E-state index contributed by atoms with van der Waals surface area (Å²) in [5.74, 6) is 0. The van der Waals surface area contributed by atoms with Crippen LogP contribution in [0.3, 0.4) is 0 Å². The summed E-state index contributed by atoms with van der Waals surface area (Å²) in [7, 11) is 0. The van der Waals surface area contributed by atoms with Crippen LogP contribution in [0.25, 0.3) is 10.8 Å². The summed E-state index contributed by atoms with van der Waals surface area (Å²) in [6.07, 6.45) is -1.76. The van der Waals surface area contributed by atoms with Crippen LogP contribution in [0.1, 0.15) is 5.56 Å². The van der Waals surface area contributed by atoms with Crippen molar-refractivity contribution < 1.29 is 13.7 Å². The molecule has 0 atom stereocenters. The molecule has 16 heavy (non-hydrogen) atoms. The van der Waals surface area contributed by atoms with Gasteiger partial charge in [-0.05, 0) is 22.9 Å². The zero-order chi connectivity index (χ0) is 11.7. The van der Waals surface area contributed by atoms with Gasteiger partial charge < -0.3 is 0 Å². The second-order valence-electron chi connectivity index (χ2n) is 3.26. The van der Waals surface area contributed by atoms with Gasteiger partial charge in [-0.1, -0.05) is 12.1 Å². The first-order valence-electron chi connectivity index (χ1n) is 4.44. The van der Waals surface area contributed by atoms with E-state index in [0.717, 1.165) is 0 Å². The lowest BCUT2D eigenvalue weighted by Crippen LogP contribution is -1.88. The van der Waals surface area contributed by atoms with Gasteiger partial charge in [-0.3, -0.25) is 10.1 Å². The Labute approximate surface area is 89.5 Å². The largest absolute Gasteiger partial charge is 0.339 e. The number of halogens is 2. The average Bonchev–Trinajstić information content (AvgIpc) is 2.27. The zero-order valence-corrected chi connectivity index (χ0v) is 7.98. The highest BCUT2D eigenvalue weighted by Crippen LogP contribution is 2.25. The van der Waals surface area contributed by atoms with Gasteiger partial charge in [0.05, 0.1) is 4.92 Å². The van der Waals surface area contributed by atoms with Crippen LogP contribution in [0, 0.1) is 16.5 Å². The molecule has 0 heterocycles. The highest BCUT2D eigenvalue weighted by atomic mass is 19.3. The lowest BCUT2D eigenvalue weighted by atomic mass is 10.1. The number of benzene rings is 2. The van der Waals surface area contributed by atoms with E-state index in [2.05, 4.69) is 0 Å². The third kappa shape index (κ3) is 1.84. The van der Waals surface area contributed by atoms with Gasteiger partial charge in [-0.15, -0.1) is 0 Å². The van der Waals surface area contributed by atoms with E-state index < -0.39 is 11.3 Å². The Balaban J connectivity index is 2.57. The maximum atomic E-state index is 12.3. The molecular formula is C11H6F2NO2. The van der Waals surface area contributed by atoms with E-state index in [-0.39, 0.29) is 11.3 Å². The molecule has 3 nitrogen and oxygen atoms in total. The molecular weight excluding hydrogens is 216 g/mol. The molecule has 0 aliphatic heterocycles. The van der Waals surface area contributed by atoms with Crippen LogP contribution in [0.2, 0.25) is 0 Å². The fourth-order valence-electron chi connectivity index (χ4n) is 1.46. The Morgan fingerprint density at radius 2 is 1.69 bits per heavy atom. The first-order chi connectivity index (χ1) is 7.58. The first kappa shape index (κ1) is 10.5. The Hall–Kier alpha value is -2.04. The Morgan fingerprint density at radius 3 is 2.31 bits per heavy atom. The van der Waals surface area contributed by atoms with Gasteiger partial charge in [0.1, 0.15) is 0 Å². The lowest BCUT2D eigenvalue weighted by molar-refractivity contribution is -0.384. The number of nitrogens with zero attached hydrogens (tertiary/aromatic N) is 1. The molecule has 5 heteroatoms. The van der Waals surface area contributed by atoms with Crippen LogP contribution in [0.5, 0.6) is 0 Å². The standard InChI is InChI=1S/C11H6F2NO2/c12-11(13)9-2-1-8-6-10(14(15)16)4-3-7(8)5-9/h1-6H. The molecule has 0 N–H and O–H groups in total. The summed E-state index contributed by atoms with van der Waals surface area (Å²) >= 11 is 0. The minimum atomic E-state index is -1.76. The molecule has 2 rings (SSSR count). The van der Waals surface area contributed by atoms with E-state index >= 15 is 0 Å². The third-order valence-corrected chi connectivity index (χ3v) is 2.25. The van der Waals surface area contributed by atoms with Crippen LogP contribution in [0.15, 0.2) is 36.4 Å². The van der Waals surface area contributed by atoms with Gasteiger partial charge >= 0.3 is 6.43 Å². The Morgan fingerprint density at radius 1 is 1.06 bits per heavy atom. The van der Waals surface area contributed by atoms with Crippen molar-refractivity contribution in [2.45, 2.75) is 0 Å². The molecule has 0 fully saturated rings. The fraction of sp³-hybridized carbons (Fsp3) is 0. The quantitative estimate of drug-likeness (QED) is 0.576. The van der Waals surface area contributed by atoms with Crippen LogP contribution in [-0.2, 0) is 0 Å². The Bertz CT molecular complexity index is 555. The second-order valence-corrected chi connectivity index (χ2v) is 3.26. The van der Waals surface area contributed by atoms with E-state index in [1.54, 1.807) is 0 Å². The lowest BCUT2D eigenvalue weighted by Gasteiger charge is -2.01. The summed E-state index contributed by atoms with van der Waals surface area (Å²) in [5.41, 5.74) is -0.216. The molecule has 0 saturated carbocycles. The third-order valence-electron chi connectivity index (χ3n) is 2.25. The normalized spacial score (nSPS) is 10.9. The molecule has 2 aromatic rings. The van der Waals surface area contributed by atoms with Crippen molar-refractivity contribution in [2.75, 3.05) is 0 Å². The molecule has 0 spiro atoms. The van der Waals surface area contributed by atoms with Gasteiger partial charge in [0.15, 0.2) is 0 Å². The van der Waals surface area contributed by atoms with Crippen molar-refractivity contribution in [3.63, 3.8) is 0 Å². The fourth-order valence-corrected chi connectivity index (χ4v) is 1.46. The van der Waals surface area contributed by atoms with Gasteiger partial charge in [0.2, 0.25) is 0 Å². The van der Waals surface area contributed by atoms with Gasteiger partial charge in [-0.2, -0.15) is 8.78 Å². The summed E-state index contributed by atoms with van der Waals surface area (Å²) in [4.78, 5) is 9.98. The molecule has 0 amide bonds. The molecule has 0 aliphatic carbocycles. The van der Waals surface area contributed by atoms with E-state index in [1.165, 1.54) is 36.4 Å². The average molecular weight is 222 g/mol. The molecule has 81 valence electrons. The summed E-state index contributed by atoms with van der Waals surface area (Å²) in [5, 5.41) is 11.6. The summed E-state index contributed by atoms with van der Waals surface area (Å²) < 4.78 is 24.6. The van der Waals surface area contributed by atoms with E-state index in [1.807, 2.05) is 0 Å². The molecule has 0 bridgehead atoms. The molecule has 0 aliphatic rings. The minimum absolute atomic E-state index is 0.0510. The first-order valence-corrected chi connectivity index (χ1v) is 4.44. The van der Waals surface area contributed by atoms with Gasteiger partial charge in [-0.25, -0.2) is 0 Å². The van der Waals surface area contributed by atoms with Crippen LogP contribution < -0.4 is 0 Å². The topological polar surface area (TPSA) is 43.1 Å². The SMILES string of the molecule is O=[N+]([O-])c1ccc2cc([C](F)F)ccc2c1. The number of nitro benzene ring substituents is 1. The molecule has 2 aromatic carbocycles. The van der Waals surface area contributed by atoms with Crippen LogP contribution in [-0.4, -0.2) is 4.92 Å². The van der Waals surface area contributed by atoms with Crippen molar-refractivity contribution in [3.05, 3.63) is 58.5 Å². The zero-order valence-electron chi connectivity index (χ0n) is 7.98. The number of non-ortho nitro benzene ring substituents is 1. The van der Waals surface area contributed by atoms with E-state index in [9.17, 15) is 18.9 Å².